The van der Waals surface area contributed by atoms with Gasteiger partial charge < -0.3 is 10.2 Å². The molecule has 34 heavy (non-hydrogen) atoms. The lowest BCUT2D eigenvalue weighted by molar-refractivity contribution is 0.102. The number of amides is 1. The number of benzene rings is 4. The first-order valence-electron chi connectivity index (χ1n) is 12.2. The van der Waals surface area contributed by atoms with Gasteiger partial charge in [-0.25, -0.2) is 0 Å². The molecule has 0 saturated heterocycles. The highest BCUT2D eigenvalue weighted by Gasteiger charge is 2.35. The van der Waals surface area contributed by atoms with Gasteiger partial charge in [0.05, 0.1) is 0 Å². The molecule has 0 radical (unpaired) electrons. The first kappa shape index (κ1) is 20.7. The molecule has 4 aromatic carbocycles. The van der Waals surface area contributed by atoms with Gasteiger partial charge in [0.2, 0.25) is 0 Å². The van der Waals surface area contributed by atoms with Crippen molar-refractivity contribution in [1.82, 2.24) is 0 Å². The van der Waals surface area contributed by atoms with Crippen molar-refractivity contribution in [2.24, 2.45) is 0 Å². The Morgan fingerprint density at radius 3 is 1.65 bits per heavy atom. The second-order valence-electron chi connectivity index (χ2n) is 9.31. The van der Waals surface area contributed by atoms with Crippen LogP contribution in [0.15, 0.2) is 103 Å². The van der Waals surface area contributed by atoms with E-state index in [-0.39, 0.29) is 5.91 Å². The van der Waals surface area contributed by atoms with Gasteiger partial charge in [0.25, 0.3) is 5.91 Å². The van der Waals surface area contributed by atoms with Crippen LogP contribution in [-0.2, 0) is 0 Å². The molecule has 168 valence electrons. The topological polar surface area (TPSA) is 32.3 Å². The average Bonchev–Trinajstić information content (AvgIpc) is 2.90. The fraction of sp³-hybridized carbons (Fsp3) is 0.194. The summed E-state index contributed by atoms with van der Waals surface area (Å²) < 4.78 is 0. The standard InChI is InChI=1S/C31H28N2O/c34-31(24-14-8-3-9-15-24)32-25-20-28-26(22-10-4-1-5-11-22)16-18-33-19-17-27(29(21-25)30(28)33)23-12-6-2-7-13-23/h1-15,20-21,26-27H,16-19H2,(H,32,34)/t26-,27+. The highest BCUT2D eigenvalue weighted by Crippen LogP contribution is 2.49. The number of hydrogen-bond donors (Lipinski definition) is 1. The number of nitrogens with zero attached hydrogens (tertiary/aromatic N) is 1. The lowest BCUT2D eigenvalue weighted by Crippen LogP contribution is -2.37. The zero-order valence-corrected chi connectivity index (χ0v) is 19.2. The fourth-order valence-electron chi connectivity index (χ4n) is 5.72. The third-order valence-electron chi connectivity index (χ3n) is 7.31. The predicted octanol–water partition coefficient (Wildman–Crippen LogP) is 6.82. The molecule has 6 rings (SSSR count). The third kappa shape index (κ3) is 3.77. The number of carbonyl (C=O) groups excluding carboxylic acids is 1. The Bertz CT molecular complexity index is 1230. The third-order valence-corrected chi connectivity index (χ3v) is 7.31. The van der Waals surface area contributed by atoms with E-state index < -0.39 is 0 Å². The Hall–Kier alpha value is -3.85. The molecule has 3 nitrogen and oxygen atoms in total. The van der Waals surface area contributed by atoms with Gasteiger partial charge in [0.1, 0.15) is 0 Å². The van der Waals surface area contributed by atoms with Gasteiger partial charge in [-0.1, -0.05) is 78.9 Å². The van der Waals surface area contributed by atoms with Crippen LogP contribution >= 0.6 is 0 Å². The molecule has 4 aromatic rings. The molecule has 2 atom stereocenters. The maximum atomic E-state index is 13.0. The van der Waals surface area contributed by atoms with E-state index >= 15 is 0 Å². The zero-order chi connectivity index (χ0) is 22.9. The Labute approximate surface area is 201 Å². The van der Waals surface area contributed by atoms with Crippen LogP contribution in [0.25, 0.3) is 0 Å². The smallest absolute Gasteiger partial charge is 0.255 e. The molecule has 0 fully saturated rings. The van der Waals surface area contributed by atoms with E-state index in [1.165, 1.54) is 27.9 Å². The van der Waals surface area contributed by atoms with Gasteiger partial charge in [-0.3, -0.25) is 4.79 Å². The number of carbonyl (C=O) groups is 1. The summed E-state index contributed by atoms with van der Waals surface area (Å²) in [4.78, 5) is 15.6. The van der Waals surface area contributed by atoms with Gasteiger partial charge in [-0.15, -0.1) is 0 Å². The maximum Gasteiger partial charge on any atom is 0.255 e. The summed E-state index contributed by atoms with van der Waals surface area (Å²) in [5.41, 5.74) is 8.29. The van der Waals surface area contributed by atoms with Crippen LogP contribution in [0.2, 0.25) is 0 Å². The molecule has 3 heteroatoms. The second kappa shape index (κ2) is 8.83. The van der Waals surface area contributed by atoms with Crippen LogP contribution in [0.3, 0.4) is 0 Å². The molecular weight excluding hydrogens is 416 g/mol. The molecular formula is C31H28N2O. The molecule has 0 unspecified atom stereocenters. The fourth-order valence-corrected chi connectivity index (χ4v) is 5.72. The van der Waals surface area contributed by atoms with E-state index in [2.05, 4.69) is 83.0 Å². The summed E-state index contributed by atoms with van der Waals surface area (Å²) in [6.45, 7) is 2.13. The highest BCUT2D eigenvalue weighted by atomic mass is 16.1. The molecule has 0 saturated carbocycles. The molecule has 0 spiro atoms. The lowest BCUT2D eigenvalue weighted by Gasteiger charge is -2.43. The van der Waals surface area contributed by atoms with Gasteiger partial charge in [-0.2, -0.15) is 0 Å². The molecule has 1 amide bonds. The van der Waals surface area contributed by atoms with Gasteiger partial charge in [0.15, 0.2) is 0 Å². The SMILES string of the molecule is O=C(Nc1cc2c3c(c1)[C@H](c1ccccc1)CCN3CC[C@@H]2c1ccccc1)c1ccccc1. The van der Waals surface area contributed by atoms with Crippen molar-refractivity contribution in [2.45, 2.75) is 24.7 Å². The van der Waals surface area contributed by atoms with Crippen LogP contribution in [0.1, 0.15) is 57.3 Å². The maximum absolute atomic E-state index is 13.0. The summed E-state index contributed by atoms with van der Waals surface area (Å²) in [5.74, 6) is 0.590. The van der Waals surface area contributed by atoms with Crippen molar-refractivity contribution in [3.05, 3.63) is 131 Å². The monoisotopic (exact) mass is 444 g/mol. The highest BCUT2D eigenvalue weighted by molar-refractivity contribution is 6.04. The van der Waals surface area contributed by atoms with E-state index in [9.17, 15) is 4.79 Å². The van der Waals surface area contributed by atoms with E-state index in [1.807, 2.05) is 30.3 Å². The number of nitrogens with one attached hydrogen (secondary N) is 1. The van der Waals surface area contributed by atoms with Crippen molar-refractivity contribution < 1.29 is 4.79 Å². The number of hydrogen-bond acceptors (Lipinski definition) is 2. The molecule has 2 heterocycles. The molecule has 0 aromatic heterocycles. The summed E-state index contributed by atoms with van der Waals surface area (Å²) in [6, 6.07) is 35.5. The molecule has 2 aliphatic rings. The molecule has 2 aliphatic heterocycles. The van der Waals surface area contributed by atoms with E-state index in [0.717, 1.165) is 31.6 Å². The summed E-state index contributed by atoms with van der Waals surface area (Å²) in [5, 5.41) is 3.21. The van der Waals surface area contributed by atoms with Crippen molar-refractivity contribution in [3.63, 3.8) is 0 Å². The lowest BCUT2D eigenvalue weighted by atomic mass is 9.76. The Morgan fingerprint density at radius 2 is 1.15 bits per heavy atom. The Kier molecular flexibility index (Phi) is 5.38. The summed E-state index contributed by atoms with van der Waals surface area (Å²) in [6.07, 6.45) is 2.17. The largest absolute Gasteiger partial charge is 0.371 e. The van der Waals surface area contributed by atoms with Crippen LogP contribution in [-0.4, -0.2) is 19.0 Å². The predicted molar refractivity (Wildman–Crippen MR) is 139 cm³/mol. The number of anilines is 2. The second-order valence-corrected chi connectivity index (χ2v) is 9.31. The van der Waals surface area contributed by atoms with Crippen LogP contribution < -0.4 is 10.2 Å². The Balaban J connectivity index is 1.49. The normalized spacial score (nSPS) is 18.8. The molecule has 0 bridgehead atoms. The molecule has 0 aliphatic carbocycles. The first-order chi connectivity index (χ1) is 16.8. The zero-order valence-electron chi connectivity index (χ0n) is 19.2. The minimum absolute atomic E-state index is 0.0660. The van der Waals surface area contributed by atoms with Crippen molar-refractivity contribution in [1.29, 1.82) is 0 Å². The van der Waals surface area contributed by atoms with Crippen LogP contribution in [0.4, 0.5) is 11.4 Å². The first-order valence-corrected chi connectivity index (χ1v) is 12.2. The van der Waals surface area contributed by atoms with Gasteiger partial charge in [-0.05, 0) is 59.4 Å². The van der Waals surface area contributed by atoms with Crippen molar-refractivity contribution in [3.8, 4) is 0 Å². The van der Waals surface area contributed by atoms with Gasteiger partial charge in [0, 0.05) is 41.9 Å². The van der Waals surface area contributed by atoms with Gasteiger partial charge >= 0.3 is 0 Å². The van der Waals surface area contributed by atoms with Crippen LogP contribution in [0.5, 0.6) is 0 Å². The Morgan fingerprint density at radius 1 is 0.676 bits per heavy atom. The molecule has 1 N–H and O–H groups in total. The van der Waals surface area contributed by atoms with Crippen molar-refractivity contribution in [2.75, 3.05) is 23.3 Å². The summed E-state index contributed by atoms with van der Waals surface area (Å²) >= 11 is 0. The minimum Gasteiger partial charge on any atom is -0.371 e. The van der Waals surface area contributed by atoms with E-state index in [4.69, 9.17) is 0 Å². The number of rotatable bonds is 4. The van der Waals surface area contributed by atoms with Crippen molar-refractivity contribution >= 4 is 17.3 Å². The van der Waals surface area contributed by atoms with E-state index in [0.29, 0.717) is 17.4 Å². The quantitative estimate of drug-likeness (QED) is 0.375. The average molecular weight is 445 g/mol. The minimum atomic E-state index is -0.0660. The van der Waals surface area contributed by atoms with Crippen LogP contribution in [0, 0.1) is 0 Å². The van der Waals surface area contributed by atoms with E-state index in [1.54, 1.807) is 0 Å². The summed E-state index contributed by atoms with van der Waals surface area (Å²) in [7, 11) is 0.